The molecule has 0 heterocycles. The highest BCUT2D eigenvalue weighted by Crippen LogP contribution is 2.43. The third kappa shape index (κ3) is 44.1. The van der Waals surface area contributed by atoms with E-state index >= 15 is 0 Å². The van der Waals surface area contributed by atoms with Crippen molar-refractivity contribution in [3.63, 3.8) is 0 Å². The van der Waals surface area contributed by atoms with E-state index in [2.05, 4.69) is 38.2 Å². The molecule has 2 atom stereocenters. The van der Waals surface area contributed by atoms with E-state index in [1.807, 2.05) is 0 Å². The fourth-order valence-corrected chi connectivity index (χ4v) is 7.62. The number of nitrogens with two attached hydrogens (primary N) is 1. The molecule has 0 aromatic carbocycles. The lowest BCUT2D eigenvalue weighted by atomic mass is 10.0. The van der Waals surface area contributed by atoms with Gasteiger partial charge in [0.25, 0.3) is 0 Å². The quantitative estimate of drug-likeness (QED) is 0.0270. The van der Waals surface area contributed by atoms with Crippen LogP contribution in [0, 0.1) is 0 Å². The Hall–Kier alpha value is -1.02. The summed E-state index contributed by atoms with van der Waals surface area (Å²) in [6, 6.07) is 0. The SMILES string of the molecule is CCCCC/C=C\C/C=C\CCCCCCCC(=O)OC(COCCCCCCCCCCCCCCCCCCCCCCCC)COP(=O)(O)OCCN. The van der Waals surface area contributed by atoms with E-state index in [4.69, 9.17) is 24.3 Å². The van der Waals surface area contributed by atoms with Crippen molar-refractivity contribution < 1.29 is 32.8 Å². The van der Waals surface area contributed by atoms with Crippen molar-refractivity contribution in [2.24, 2.45) is 5.73 Å². The second-order valence-corrected chi connectivity index (χ2v) is 17.4. The Morgan fingerprint density at radius 3 is 1.43 bits per heavy atom. The molecule has 0 radical (unpaired) electrons. The van der Waals surface area contributed by atoms with Gasteiger partial charge in [-0.1, -0.05) is 205 Å². The summed E-state index contributed by atoms with van der Waals surface area (Å²) >= 11 is 0. The molecule has 0 amide bonds. The number of hydrogen-bond donors (Lipinski definition) is 2. The zero-order valence-corrected chi connectivity index (χ0v) is 37.8. The van der Waals surface area contributed by atoms with E-state index < -0.39 is 13.9 Å². The van der Waals surface area contributed by atoms with Crippen molar-refractivity contribution in [3.05, 3.63) is 24.3 Å². The third-order valence-corrected chi connectivity index (χ3v) is 11.4. The van der Waals surface area contributed by atoms with Crippen LogP contribution in [0.25, 0.3) is 0 Å². The molecule has 0 aromatic rings. The van der Waals surface area contributed by atoms with Gasteiger partial charge in [-0.25, -0.2) is 4.57 Å². The highest BCUT2D eigenvalue weighted by molar-refractivity contribution is 7.47. The van der Waals surface area contributed by atoms with Gasteiger partial charge in [-0.05, 0) is 44.9 Å². The van der Waals surface area contributed by atoms with Crippen LogP contribution < -0.4 is 5.73 Å². The molecule has 0 aliphatic heterocycles. The van der Waals surface area contributed by atoms with Crippen molar-refractivity contribution in [2.75, 3.05) is 33.0 Å². The Morgan fingerprint density at radius 1 is 0.536 bits per heavy atom. The van der Waals surface area contributed by atoms with Crippen molar-refractivity contribution in [1.29, 1.82) is 0 Å². The molecule has 56 heavy (non-hydrogen) atoms. The molecule has 9 heteroatoms. The molecule has 0 saturated carbocycles. The molecule has 8 nitrogen and oxygen atoms in total. The standard InChI is InChI=1S/C47H92NO7P/c1-3-5-7-9-11-13-15-17-19-20-21-22-23-24-25-27-29-31-33-35-37-39-42-52-44-46(45-54-56(50,51)53-43-41-48)55-47(49)40-38-36-34-32-30-28-26-18-16-14-12-10-8-6-4-2/h12,14,18,26,46H,3-11,13,15-17,19-25,27-45,48H2,1-2H3,(H,50,51)/b14-12-,26-18-. The number of phosphoric ester groups is 1. The lowest BCUT2D eigenvalue weighted by Gasteiger charge is -2.20. The van der Waals surface area contributed by atoms with Gasteiger partial charge in [0.15, 0.2) is 0 Å². The number of ether oxygens (including phenoxy) is 2. The topological polar surface area (TPSA) is 117 Å². The molecule has 2 unspecified atom stereocenters. The Morgan fingerprint density at radius 2 is 0.946 bits per heavy atom. The minimum atomic E-state index is -4.28. The van der Waals surface area contributed by atoms with Crippen LogP contribution in [0.3, 0.4) is 0 Å². The number of esters is 1. The van der Waals surface area contributed by atoms with Crippen LogP contribution in [0.4, 0.5) is 0 Å². The van der Waals surface area contributed by atoms with Crippen molar-refractivity contribution in [2.45, 2.75) is 238 Å². The molecular formula is C47H92NO7P. The van der Waals surface area contributed by atoms with Crippen LogP contribution in [0.1, 0.15) is 232 Å². The van der Waals surface area contributed by atoms with E-state index in [9.17, 15) is 14.3 Å². The zero-order valence-electron chi connectivity index (χ0n) is 36.9. The number of hydrogen-bond acceptors (Lipinski definition) is 7. The smallest absolute Gasteiger partial charge is 0.457 e. The van der Waals surface area contributed by atoms with Gasteiger partial charge in [-0.15, -0.1) is 0 Å². The fraction of sp³-hybridized carbons (Fsp3) is 0.894. The van der Waals surface area contributed by atoms with E-state index in [1.165, 1.54) is 154 Å². The summed E-state index contributed by atoms with van der Waals surface area (Å²) in [5, 5.41) is 0. The lowest BCUT2D eigenvalue weighted by Crippen LogP contribution is -2.28. The Labute approximate surface area is 346 Å². The second kappa shape index (κ2) is 45.1. The Bertz CT molecular complexity index is 915. The number of unbranched alkanes of at least 4 members (excludes halogenated alkanes) is 29. The largest absolute Gasteiger partial charge is 0.472 e. The summed E-state index contributed by atoms with van der Waals surface area (Å²) < 4.78 is 33.5. The van der Waals surface area contributed by atoms with E-state index in [0.717, 1.165) is 57.8 Å². The van der Waals surface area contributed by atoms with Gasteiger partial charge in [-0.2, -0.15) is 0 Å². The van der Waals surface area contributed by atoms with Gasteiger partial charge in [0.2, 0.25) is 0 Å². The summed E-state index contributed by atoms with van der Waals surface area (Å²) in [6.07, 6.45) is 50.6. The lowest BCUT2D eigenvalue weighted by molar-refractivity contribution is -0.154. The average molecular weight is 814 g/mol. The van der Waals surface area contributed by atoms with Gasteiger partial charge < -0.3 is 20.1 Å². The minimum absolute atomic E-state index is 0.0962. The predicted octanol–water partition coefficient (Wildman–Crippen LogP) is 14.4. The van der Waals surface area contributed by atoms with Gasteiger partial charge >= 0.3 is 13.8 Å². The summed E-state index contributed by atoms with van der Waals surface area (Å²) in [5.41, 5.74) is 5.38. The van der Waals surface area contributed by atoms with Crippen LogP contribution in [0.2, 0.25) is 0 Å². The fourth-order valence-electron chi connectivity index (χ4n) is 6.85. The molecule has 3 N–H and O–H groups in total. The van der Waals surface area contributed by atoms with Crippen LogP contribution in [-0.2, 0) is 27.9 Å². The first-order chi connectivity index (χ1) is 27.4. The number of rotatable bonds is 46. The molecule has 0 aliphatic rings. The maximum atomic E-state index is 12.6. The first-order valence-corrected chi connectivity index (χ1v) is 25.3. The number of phosphoric acid groups is 1. The maximum Gasteiger partial charge on any atom is 0.472 e. The van der Waals surface area contributed by atoms with E-state index in [-0.39, 0.29) is 32.3 Å². The molecule has 332 valence electrons. The zero-order chi connectivity index (χ0) is 40.9. The molecule has 0 aliphatic carbocycles. The molecular weight excluding hydrogens is 721 g/mol. The Balaban J connectivity index is 3.93. The van der Waals surface area contributed by atoms with E-state index in [0.29, 0.717) is 13.0 Å². The molecule has 0 rings (SSSR count). The van der Waals surface area contributed by atoms with Crippen LogP contribution >= 0.6 is 7.82 Å². The van der Waals surface area contributed by atoms with Crippen LogP contribution in [0.5, 0.6) is 0 Å². The third-order valence-electron chi connectivity index (χ3n) is 10.4. The summed E-state index contributed by atoms with van der Waals surface area (Å²) in [7, 11) is -4.28. The summed E-state index contributed by atoms with van der Waals surface area (Å²) in [5.74, 6) is -0.340. The van der Waals surface area contributed by atoms with Crippen molar-refractivity contribution in [3.8, 4) is 0 Å². The Kier molecular flexibility index (Phi) is 44.3. The molecule has 0 spiro atoms. The average Bonchev–Trinajstić information content (AvgIpc) is 3.19. The molecule has 0 saturated heterocycles. The van der Waals surface area contributed by atoms with Gasteiger partial charge in [0.05, 0.1) is 19.8 Å². The van der Waals surface area contributed by atoms with Gasteiger partial charge in [-0.3, -0.25) is 13.8 Å². The molecule has 0 aromatic heterocycles. The van der Waals surface area contributed by atoms with Crippen LogP contribution in [0.15, 0.2) is 24.3 Å². The van der Waals surface area contributed by atoms with Crippen molar-refractivity contribution in [1.82, 2.24) is 0 Å². The first-order valence-electron chi connectivity index (χ1n) is 23.8. The monoisotopic (exact) mass is 814 g/mol. The summed E-state index contributed by atoms with van der Waals surface area (Å²) in [4.78, 5) is 22.5. The molecule has 0 bridgehead atoms. The van der Waals surface area contributed by atoms with Crippen LogP contribution in [-0.4, -0.2) is 49.9 Å². The second-order valence-electron chi connectivity index (χ2n) is 16.0. The van der Waals surface area contributed by atoms with Crippen molar-refractivity contribution >= 4 is 13.8 Å². The summed E-state index contributed by atoms with van der Waals surface area (Å²) in [6.45, 7) is 4.92. The highest BCUT2D eigenvalue weighted by Gasteiger charge is 2.25. The first kappa shape index (κ1) is 55.0. The predicted molar refractivity (Wildman–Crippen MR) is 238 cm³/mol. The van der Waals surface area contributed by atoms with E-state index in [1.54, 1.807) is 0 Å². The van der Waals surface area contributed by atoms with Gasteiger partial charge in [0.1, 0.15) is 6.10 Å². The highest BCUT2D eigenvalue weighted by atomic mass is 31.2. The van der Waals surface area contributed by atoms with Gasteiger partial charge in [0, 0.05) is 19.6 Å². The normalized spacial score (nSPS) is 13.6. The minimum Gasteiger partial charge on any atom is -0.457 e. The number of carbonyl (C=O) groups is 1. The maximum absolute atomic E-state index is 12.6. The molecule has 0 fully saturated rings. The number of allylic oxidation sites excluding steroid dienone is 4. The number of carbonyl (C=O) groups excluding carboxylic acids is 1.